The van der Waals surface area contributed by atoms with Crippen molar-refractivity contribution in [3.63, 3.8) is 0 Å². The molecule has 0 saturated heterocycles. The zero-order valence-corrected chi connectivity index (χ0v) is 11.9. The van der Waals surface area contributed by atoms with Crippen LogP contribution in [0.4, 0.5) is 0 Å². The molecule has 0 radical (unpaired) electrons. The van der Waals surface area contributed by atoms with E-state index >= 15 is 0 Å². The van der Waals surface area contributed by atoms with Gasteiger partial charge in [0.15, 0.2) is 5.82 Å². The molecular formula is C14H25N3O. The number of rotatable bonds is 3. The zero-order valence-electron chi connectivity index (χ0n) is 11.9. The van der Waals surface area contributed by atoms with Crippen molar-refractivity contribution in [1.29, 1.82) is 0 Å². The zero-order chi connectivity index (χ0) is 13.3. The molecule has 1 fully saturated rings. The van der Waals surface area contributed by atoms with E-state index in [-0.39, 0.29) is 11.5 Å². The van der Waals surface area contributed by atoms with E-state index in [1.54, 1.807) is 0 Å². The van der Waals surface area contributed by atoms with Crippen LogP contribution in [0.2, 0.25) is 0 Å². The maximum absolute atomic E-state index is 6.47. The van der Waals surface area contributed by atoms with Gasteiger partial charge in [0.1, 0.15) is 0 Å². The minimum atomic E-state index is -0.373. The molecule has 1 aromatic heterocycles. The molecule has 0 aliphatic heterocycles. The van der Waals surface area contributed by atoms with E-state index in [4.69, 9.17) is 10.3 Å². The number of hydrogen-bond acceptors (Lipinski definition) is 4. The molecular weight excluding hydrogens is 226 g/mol. The molecule has 18 heavy (non-hydrogen) atoms. The van der Waals surface area contributed by atoms with Gasteiger partial charge in [0.25, 0.3) is 0 Å². The highest BCUT2D eigenvalue weighted by atomic mass is 16.5. The van der Waals surface area contributed by atoms with E-state index in [9.17, 15) is 0 Å². The molecule has 2 rings (SSSR count). The van der Waals surface area contributed by atoms with Gasteiger partial charge < -0.3 is 10.3 Å². The number of aromatic nitrogens is 2. The summed E-state index contributed by atoms with van der Waals surface area (Å²) in [5, 5.41) is 4.09. The smallest absolute Gasteiger partial charge is 0.229 e. The van der Waals surface area contributed by atoms with Crippen LogP contribution in [0.5, 0.6) is 0 Å². The Morgan fingerprint density at radius 3 is 2.28 bits per heavy atom. The van der Waals surface area contributed by atoms with Crippen LogP contribution < -0.4 is 5.73 Å². The SMILES string of the molecule is CC(C)c1nc(C2(N)CCC(C(C)C)CC2)no1. The van der Waals surface area contributed by atoms with Gasteiger partial charge in [-0.2, -0.15) is 4.98 Å². The number of nitrogens with two attached hydrogens (primary N) is 1. The highest BCUT2D eigenvalue weighted by Gasteiger charge is 2.38. The highest BCUT2D eigenvalue weighted by Crippen LogP contribution is 2.39. The van der Waals surface area contributed by atoms with Gasteiger partial charge in [-0.1, -0.05) is 32.9 Å². The van der Waals surface area contributed by atoms with Crippen molar-refractivity contribution in [2.24, 2.45) is 17.6 Å². The summed E-state index contributed by atoms with van der Waals surface area (Å²) >= 11 is 0. The van der Waals surface area contributed by atoms with E-state index in [0.29, 0.717) is 11.7 Å². The topological polar surface area (TPSA) is 64.9 Å². The van der Waals surface area contributed by atoms with Crippen LogP contribution in [-0.4, -0.2) is 10.1 Å². The van der Waals surface area contributed by atoms with Crippen molar-refractivity contribution >= 4 is 0 Å². The minimum absolute atomic E-state index is 0.266. The van der Waals surface area contributed by atoms with Gasteiger partial charge in [-0.15, -0.1) is 0 Å². The van der Waals surface area contributed by atoms with Gasteiger partial charge in [0.05, 0.1) is 5.54 Å². The fourth-order valence-electron chi connectivity index (χ4n) is 2.72. The minimum Gasteiger partial charge on any atom is -0.339 e. The molecule has 0 spiro atoms. The molecule has 1 saturated carbocycles. The Morgan fingerprint density at radius 2 is 1.83 bits per heavy atom. The Balaban J connectivity index is 2.08. The Kier molecular flexibility index (Phi) is 3.76. The summed E-state index contributed by atoms with van der Waals surface area (Å²) < 4.78 is 5.28. The Labute approximate surface area is 109 Å². The van der Waals surface area contributed by atoms with Gasteiger partial charge in [0, 0.05) is 5.92 Å². The third-order valence-electron chi connectivity index (χ3n) is 4.25. The molecule has 2 N–H and O–H groups in total. The van der Waals surface area contributed by atoms with Crippen molar-refractivity contribution in [3.05, 3.63) is 11.7 Å². The third kappa shape index (κ3) is 2.58. The lowest BCUT2D eigenvalue weighted by molar-refractivity contribution is 0.185. The first kappa shape index (κ1) is 13.5. The monoisotopic (exact) mass is 251 g/mol. The molecule has 0 aromatic carbocycles. The molecule has 1 aliphatic rings. The van der Waals surface area contributed by atoms with Crippen LogP contribution in [0.1, 0.15) is 71.0 Å². The maximum atomic E-state index is 6.47. The standard InChI is InChI=1S/C14H25N3O/c1-9(2)11-5-7-14(15,8-6-11)13-16-12(10(3)4)18-17-13/h9-11H,5-8,15H2,1-4H3. The molecule has 1 aromatic rings. The second-order valence-corrected chi connectivity index (χ2v) is 6.35. The number of nitrogens with zero attached hydrogens (tertiary/aromatic N) is 2. The lowest BCUT2D eigenvalue weighted by Gasteiger charge is -2.36. The van der Waals surface area contributed by atoms with Crippen molar-refractivity contribution < 1.29 is 4.52 Å². The van der Waals surface area contributed by atoms with Gasteiger partial charge in [-0.05, 0) is 37.5 Å². The number of hydrogen-bond donors (Lipinski definition) is 1. The third-order valence-corrected chi connectivity index (χ3v) is 4.25. The molecule has 1 aliphatic carbocycles. The van der Waals surface area contributed by atoms with E-state index in [1.165, 1.54) is 12.8 Å². The van der Waals surface area contributed by atoms with Crippen molar-refractivity contribution in [2.75, 3.05) is 0 Å². The molecule has 0 unspecified atom stereocenters. The Bertz CT molecular complexity index is 389. The van der Waals surface area contributed by atoms with E-state index in [2.05, 4.69) is 37.8 Å². The summed E-state index contributed by atoms with van der Waals surface area (Å²) in [6.45, 7) is 8.69. The first-order valence-corrected chi connectivity index (χ1v) is 7.05. The average molecular weight is 251 g/mol. The van der Waals surface area contributed by atoms with Crippen molar-refractivity contribution in [2.45, 2.75) is 64.8 Å². The summed E-state index contributed by atoms with van der Waals surface area (Å²) in [6, 6.07) is 0. The van der Waals surface area contributed by atoms with E-state index < -0.39 is 0 Å². The second-order valence-electron chi connectivity index (χ2n) is 6.35. The summed E-state index contributed by atoms with van der Waals surface area (Å²) in [5.41, 5.74) is 6.10. The van der Waals surface area contributed by atoms with Gasteiger partial charge in [-0.3, -0.25) is 0 Å². The van der Waals surface area contributed by atoms with Crippen molar-refractivity contribution in [1.82, 2.24) is 10.1 Å². The van der Waals surface area contributed by atoms with E-state index in [1.807, 2.05) is 0 Å². The summed E-state index contributed by atoms with van der Waals surface area (Å²) in [5.74, 6) is 3.19. The lowest BCUT2D eigenvalue weighted by atomic mass is 9.73. The predicted molar refractivity (Wildman–Crippen MR) is 71.0 cm³/mol. The molecule has 0 amide bonds. The van der Waals surface area contributed by atoms with Gasteiger partial charge >= 0.3 is 0 Å². The molecule has 0 atom stereocenters. The van der Waals surface area contributed by atoms with Crippen LogP contribution in [0.25, 0.3) is 0 Å². The largest absolute Gasteiger partial charge is 0.339 e. The van der Waals surface area contributed by atoms with Crippen LogP contribution >= 0.6 is 0 Å². The summed E-state index contributed by atoms with van der Waals surface area (Å²) in [7, 11) is 0. The average Bonchev–Trinajstić information content (AvgIpc) is 2.79. The molecule has 102 valence electrons. The van der Waals surface area contributed by atoms with Crippen LogP contribution in [0, 0.1) is 11.8 Å². The Morgan fingerprint density at radius 1 is 1.22 bits per heavy atom. The predicted octanol–water partition coefficient (Wildman–Crippen LogP) is 3.19. The first-order chi connectivity index (χ1) is 8.42. The van der Waals surface area contributed by atoms with Gasteiger partial charge in [-0.25, -0.2) is 0 Å². The fraction of sp³-hybridized carbons (Fsp3) is 0.857. The first-order valence-electron chi connectivity index (χ1n) is 7.05. The fourth-order valence-corrected chi connectivity index (χ4v) is 2.72. The highest BCUT2D eigenvalue weighted by molar-refractivity contribution is 5.07. The molecule has 4 nitrogen and oxygen atoms in total. The lowest BCUT2D eigenvalue weighted by Crippen LogP contribution is -2.42. The molecule has 4 heteroatoms. The molecule has 0 bridgehead atoms. The van der Waals surface area contributed by atoms with Crippen molar-refractivity contribution in [3.8, 4) is 0 Å². The summed E-state index contributed by atoms with van der Waals surface area (Å²) in [6.07, 6.45) is 4.26. The molecule has 1 heterocycles. The maximum Gasteiger partial charge on any atom is 0.229 e. The van der Waals surface area contributed by atoms with Crippen LogP contribution in [-0.2, 0) is 5.54 Å². The second kappa shape index (κ2) is 5.00. The van der Waals surface area contributed by atoms with E-state index in [0.717, 1.165) is 24.7 Å². The van der Waals surface area contributed by atoms with Crippen LogP contribution in [0.3, 0.4) is 0 Å². The normalized spacial score (nSPS) is 29.2. The van der Waals surface area contributed by atoms with Gasteiger partial charge in [0.2, 0.25) is 5.89 Å². The van der Waals surface area contributed by atoms with Crippen LogP contribution in [0.15, 0.2) is 4.52 Å². The quantitative estimate of drug-likeness (QED) is 0.896. The summed E-state index contributed by atoms with van der Waals surface area (Å²) in [4.78, 5) is 4.47. The Hall–Kier alpha value is -0.900.